The molecule has 0 radical (unpaired) electrons. The highest BCUT2D eigenvalue weighted by atomic mass is 35.5. The summed E-state index contributed by atoms with van der Waals surface area (Å²) in [7, 11) is 0. The molecule has 0 amide bonds. The summed E-state index contributed by atoms with van der Waals surface area (Å²) < 4.78 is 0. The van der Waals surface area contributed by atoms with Crippen LogP contribution in [0.4, 0.5) is 0 Å². The van der Waals surface area contributed by atoms with E-state index in [1.807, 2.05) is 0 Å². The highest BCUT2D eigenvalue weighted by molar-refractivity contribution is 7.99. The van der Waals surface area contributed by atoms with Gasteiger partial charge < -0.3 is 5.11 Å². The molecule has 0 unspecified atom stereocenters. The maximum atomic E-state index is 10.9. The molecule has 98 valence electrons. The van der Waals surface area contributed by atoms with E-state index >= 15 is 0 Å². The van der Waals surface area contributed by atoms with Crippen LogP contribution in [0, 0.1) is 6.92 Å². The van der Waals surface area contributed by atoms with E-state index in [9.17, 15) is 4.79 Å². The van der Waals surface area contributed by atoms with Gasteiger partial charge in [-0.25, -0.2) is 14.8 Å². The Morgan fingerprint density at radius 3 is 2.63 bits per heavy atom. The summed E-state index contributed by atoms with van der Waals surface area (Å²) in [4.78, 5) is 19.8. The van der Waals surface area contributed by atoms with Crippen LogP contribution >= 0.6 is 35.0 Å². The maximum absolute atomic E-state index is 10.9. The van der Waals surface area contributed by atoms with Crippen molar-refractivity contribution < 1.29 is 9.90 Å². The quantitative estimate of drug-likeness (QED) is 0.869. The van der Waals surface area contributed by atoms with Crippen molar-refractivity contribution in [1.82, 2.24) is 9.97 Å². The summed E-state index contributed by atoms with van der Waals surface area (Å²) >= 11 is 13.0. The van der Waals surface area contributed by atoms with Crippen LogP contribution in [-0.4, -0.2) is 21.0 Å². The topological polar surface area (TPSA) is 63.1 Å². The lowest BCUT2D eigenvalue weighted by Crippen LogP contribution is -2.03. The van der Waals surface area contributed by atoms with Crippen LogP contribution in [0.15, 0.2) is 34.4 Å². The van der Waals surface area contributed by atoms with Gasteiger partial charge in [0.15, 0.2) is 5.16 Å². The van der Waals surface area contributed by atoms with Crippen LogP contribution < -0.4 is 0 Å². The minimum absolute atomic E-state index is 0.0958. The van der Waals surface area contributed by atoms with E-state index in [0.717, 1.165) is 4.90 Å². The average Bonchev–Trinajstić information content (AvgIpc) is 2.33. The summed E-state index contributed by atoms with van der Waals surface area (Å²) in [6.45, 7) is 1.63. The van der Waals surface area contributed by atoms with Crippen molar-refractivity contribution in [3.63, 3.8) is 0 Å². The summed E-state index contributed by atoms with van der Waals surface area (Å²) in [5, 5.41) is 10.3. The van der Waals surface area contributed by atoms with E-state index < -0.39 is 5.97 Å². The van der Waals surface area contributed by atoms with Crippen molar-refractivity contribution in [2.75, 3.05) is 0 Å². The summed E-state index contributed by atoms with van der Waals surface area (Å²) in [5.74, 6) is -1.04. The van der Waals surface area contributed by atoms with Crippen molar-refractivity contribution in [2.45, 2.75) is 17.0 Å². The Morgan fingerprint density at radius 2 is 2.05 bits per heavy atom. The Bertz CT molecular complexity index is 650. The minimum Gasteiger partial charge on any atom is -0.478 e. The Kier molecular flexibility index (Phi) is 4.29. The number of halogens is 2. The van der Waals surface area contributed by atoms with Gasteiger partial charge in [0, 0.05) is 11.1 Å². The number of aromatic nitrogens is 2. The largest absolute Gasteiger partial charge is 0.478 e. The first-order valence-electron chi connectivity index (χ1n) is 5.17. The molecule has 1 N–H and O–H groups in total. The van der Waals surface area contributed by atoms with E-state index in [0.29, 0.717) is 20.9 Å². The molecule has 0 spiro atoms. The van der Waals surface area contributed by atoms with Crippen molar-refractivity contribution in [3.8, 4) is 0 Å². The second-order valence-corrected chi connectivity index (χ2v) is 5.49. The molecule has 0 saturated heterocycles. The number of carboxylic acid groups (broad SMARTS) is 1. The number of aryl methyl sites for hydroxylation is 1. The zero-order chi connectivity index (χ0) is 14.0. The first-order valence-corrected chi connectivity index (χ1v) is 6.74. The third kappa shape index (κ3) is 3.37. The number of aromatic carboxylic acids is 1. The zero-order valence-corrected chi connectivity index (χ0v) is 12.1. The second-order valence-electron chi connectivity index (χ2n) is 3.63. The predicted molar refractivity (Wildman–Crippen MR) is 74.3 cm³/mol. The normalized spacial score (nSPS) is 10.5. The third-order valence-electron chi connectivity index (χ3n) is 2.29. The Balaban J connectivity index is 2.26. The van der Waals surface area contributed by atoms with E-state index in [1.54, 1.807) is 25.1 Å². The molecule has 7 heteroatoms. The Morgan fingerprint density at radius 1 is 1.32 bits per heavy atom. The van der Waals surface area contributed by atoms with Gasteiger partial charge in [0.25, 0.3) is 0 Å². The van der Waals surface area contributed by atoms with E-state index in [1.165, 1.54) is 18.0 Å². The molecule has 1 aromatic heterocycles. The molecule has 0 fully saturated rings. The molecule has 2 aromatic rings. The molecule has 4 nitrogen and oxygen atoms in total. The van der Waals surface area contributed by atoms with Crippen LogP contribution in [0.1, 0.15) is 16.1 Å². The smallest absolute Gasteiger partial charge is 0.339 e. The predicted octanol–water partition coefficient (Wildman–Crippen LogP) is 3.94. The molecular formula is C12H8Cl2N2O2S. The minimum atomic E-state index is -1.04. The molecule has 0 aliphatic heterocycles. The van der Waals surface area contributed by atoms with Gasteiger partial charge >= 0.3 is 5.97 Å². The third-order valence-corrected chi connectivity index (χ3v) is 3.90. The lowest BCUT2D eigenvalue weighted by atomic mass is 10.2. The zero-order valence-electron chi connectivity index (χ0n) is 9.72. The number of hydrogen-bond donors (Lipinski definition) is 1. The average molecular weight is 315 g/mol. The fourth-order valence-electron chi connectivity index (χ4n) is 1.35. The highest BCUT2D eigenvalue weighted by Gasteiger charge is 2.11. The molecule has 0 aliphatic rings. The fourth-order valence-corrected chi connectivity index (χ4v) is 2.53. The van der Waals surface area contributed by atoms with Crippen LogP contribution in [-0.2, 0) is 0 Å². The van der Waals surface area contributed by atoms with Gasteiger partial charge in [-0.2, -0.15) is 0 Å². The number of benzene rings is 1. The summed E-state index contributed by atoms with van der Waals surface area (Å²) in [5.41, 5.74) is 0.517. The molecule has 0 aliphatic carbocycles. The fraction of sp³-hybridized carbons (Fsp3) is 0.0833. The lowest BCUT2D eigenvalue weighted by Gasteiger charge is -2.04. The van der Waals surface area contributed by atoms with E-state index in [-0.39, 0.29) is 5.56 Å². The first-order chi connectivity index (χ1) is 8.97. The first kappa shape index (κ1) is 14.1. The van der Waals surface area contributed by atoms with Crippen LogP contribution in [0.3, 0.4) is 0 Å². The molecule has 0 saturated carbocycles. The number of carboxylic acids is 1. The Labute approximate surface area is 123 Å². The monoisotopic (exact) mass is 314 g/mol. The number of carbonyl (C=O) groups is 1. The van der Waals surface area contributed by atoms with Crippen LogP contribution in [0.5, 0.6) is 0 Å². The van der Waals surface area contributed by atoms with Gasteiger partial charge in [-0.05, 0) is 36.9 Å². The summed E-state index contributed by atoms with van der Waals surface area (Å²) in [6, 6.07) is 5.19. The number of nitrogens with zero attached hydrogens (tertiary/aromatic N) is 2. The highest BCUT2D eigenvalue weighted by Crippen LogP contribution is 2.31. The number of hydrogen-bond acceptors (Lipinski definition) is 4. The molecule has 2 rings (SSSR count). The second kappa shape index (κ2) is 5.77. The molecular weight excluding hydrogens is 307 g/mol. The van der Waals surface area contributed by atoms with Crippen molar-refractivity contribution in [1.29, 1.82) is 0 Å². The summed E-state index contributed by atoms with van der Waals surface area (Å²) in [6.07, 6.45) is 1.30. The van der Waals surface area contributed by atoms with Gasteiger partial charge in [-0.1, -0.05) is 23.2 Å². The van der Waals surface area contributed by atoms with E-state index in [4.69, 9.17) is 28.3 Å². The molecule has 0 bridgehead atoms. The van der Waals surface area contributed by atoms with Gasteiger partial charge in [-0.15, -0.1) is 0 Å². The molecule has 19 heavy (non-hydrogen) atoms. The van der Waals surface area contributed by atoms with Gasteiger partial charge in [0.2, 0.25) is 0 Å². The van der Waals surface area contributed by atoms with Gasteiger partial charge in [0.05, 0.1) is 21.3 Å². The van der Waals surface area contributed by atoms with Crippen molar-refractivity contribution in [2.24, 2.45) is 0 Å². The van der Waals surface area contributed by atoms with Crippen molar-refractivity contribution in [3.05, 3.63) is 45.7 Å². The lowest BCUT2D eigenvalue weighted by molar-refractivity contribution is 0.0695. The Hall–Kier alpha value is -1.30. The van der Waals surface area contributed by atoms with Crippen LogP contribution in [0.2, 0.25) is 10.0 Å². The standard InChI is InChI=1S/C12H8Cl2N2O2S/c1-6-8(11(17)18)5-15-12(16-6)19-7-2-3-9(13)10(14)4-7/h2-5H,1H3,(H,17,18). The maximum Gasteiger partial charge on any atom is 0.339 e. The van der Waals surface area contributed by atoms with Crippen LogP contribution in [0.25, 0.3) is 0 Å². The van der Waals surface area contributed by atoms with Gasteiger partial charge in [-0.3, -0.25) is 0 Å². The molecule has 1 aromatic carbocycles. The van der Waals surface area contributed by atoms with Gasteiger partial charge in [0.1, 0.15) is 0 Å². The number of rotatable bonds is 3. The van der Waals surface area contributed by atoms with E-state index in [2.05, 4.69) is 9.97 Å². The SMILES string of the molecule is Cc1nc(Sc2ccc(Cl)c(Cl)c2)ncc1C(=O)O. The molecule has 1 heterocycles. The molecule has 0 atom stereocenters. The van der Waals surface area contributed by atoms with Crippen molar-refractivity contribution >= 4 is 40.9 Å².